The van der Waals surface area contributed by atoms with Crippen molar-refractivity contribution in [1.29, 1.82) is 0 Å². The highest BCUT2D eigenvalue weighted by atomic mass is 16.5. The van der Waals surface area contributed by atoms with Gasteiger partial charge in [0.05, 0.1) is 11.9 Å². The van der Waals surface area contributed by atoms with Crippen LogP contribution in [0.4, 0.5) is 11.5 Å². The molecule has 1 amide bonds. The molecule has 0 bridgehead atoms. The smallest absolute Gasteiger partial charge is 0.275 e. The lowest BCUT2D eigenvalue weighted by atomic mass is 10.3. The Labute approximate surface area is 122 Å². The van der Waals surface area contributed by atoms with Crippen molar-refractivity contribution in [2.45, 2.75) is 13.3 Å². The van der Waals surface area contributed by atoms with E-state index < -0.39 is 0 Å². The number of carbonyl (C=O) groups is 1. The highest BCUT2D eigenvalue weighted by molar-refractivity contribution is 6.02. The van der Waals surface area contributed by atoms with E-state index in [-0.39, 0.29) is 5.91 Å². The first-order valence-electron chi connectivity index (χ1n) is 6.62. The summed E-state index contributed by atoms with van der Waals surface area (Å²) in [5.74, 6) is 0.684. The number of nitrogens with zero attached hydrogens (tertiary/aromatic N) is 2. The Kier molecular flexibility index (Phi) is 5.28. The molecule has 2 heterocycles. The van der Waals surface area contributed by atoms with E-state index >= 15 is 0 Å². The van der Waals surface area contributed by atoms with E-state index in [1.165, 1.54) is 0 Å². The molecule has 0 radical (unpaired) electrons. The number of nitrogens with one attached hydrogen (secondary N) is 2. The standard InChI is InChI=1S/C14H18N4O3/c1-10-8-13(18-21-10)17-14(19)12-5-4-11(9-16-12)15-6-3-7-20-2/h4-5,8-9,15H,3,6-7H2,1-2H3,(H,17,18,19). The first kappa shape index (κ1) is 15.0. The van der Waals surface area contributed by atoms with Crippen LogP contribution in [0.5, 0.6) is 0 Å². The fraction of sp³-hybridized carbons (Fsp3) is 0.357. The molecule has 2 aromatic heterocycles. The first-order valence-corrected chi connectivity index (χ1v) is 6.62. The summed E-state index contributed by atoms with van der Waals surface area (Å²) >= 11 is 0. The number of aromatic nitrogens is 2. The van der Waals surface area contributed by atoms with Gasteiger partial charge in [0.25, 0.3) is 5.91 Å². The van der Waals surface area contributed by atoms with Crippen molar-refractivity contribution in [2.24, 2.45) is 0 Å². The van der Waals surface area contributed by atoms with Crippen LogP contribution in [0.3, 0.4) is 0 Å². The molecule has 7 nitrogen and oxygen atoms in total. The van der Waals surface area contributed by atoms with Crippen LogP contribution in [0.2, 0.25) is 0 Å². The third kappa shape index (κ3) is 4.57. The van der Waals surface area contributed by atoms with E-state index in [0.717, 1.165) is 18.7 Å². The molecule has 0 fully saturated rings. The number of hydrogen-bond donors (Lipinski definition) is 2. The lowest BCUT2D eigenvalue weighted by Crippen LogP contribution is -2.14. The number of rotatable bonds is 7. The van der Waals surface area contributed by atoms with Gasteiger partial charge in [-0.15, -0.1) is 0 Å². The molecule has 0 saturated heterocycles. The maximum atomic E-state index is 11.9. The summed E-state index contributed by atoms with van der Waals surface area (Å²) in [6, 6.07) is 5.10. The average molecular weight is 290 g/mol. The molecular formula is C14H18N4O3. The van der Waals surface area contributed by atoms with Crippen molar-refractivity contribution in [3.8, 4) is 0 Å². The zero-order chi connectivity index (χ0) is 15.1. The van der Waals surface area contributed by atoms with Crippen LogP contribution in [-0.4, -0.2) is 36.3 Å². The van der Waals surface area contributed by atoms with E-state index in [1.54, 1.807) is 32.4 Å². The Morgan fingerprint density at radius 3 is 2.90 bits per heavy atom. The van der Waals surface area contributed by atoms with Crippen LogP contribution >= 0.6 is 0 Å². The Bertz CT molecular complexity index is 580. The van der Waals surface area contributed by atoms with Gasteiger partial charge >= 0.3 is 0 Å². The Hall–Kier alpha value is -2.41. The molecular weight excluding hydrogens is 272 g/mol. The second-order valence-corrected chi connectivity index (χ2v) is 4.48. The number of methoxy groups -OCH3 is 1. The summed E-state index contributed by atoms with van der Waals surface area (Å²) in [5.41, 5.74) is 1.18. The number of anilines is 2. The SMILES string of the molecule is COCCCNc1ccc(C(=O)Nc2cc(C)on2)nc1. The molecule has 2 rings (SSSR count). The van der Waals surface area contributed by atoms with E-state index in [0.29, 0.717) is 23.9 Å². The molecule has 112 valence electrons. The zero-order valence-corrected chi connectivity index (χ0v) is 12.0. The third-order valence-electron chi connectivity index (χ3n) is 2.72. The van der Waals surface area contributed by atoms with Gasteiger partial charge in [-0.1, -0.05) is 5.16 Å². The van der Waals surface area contributed by atoms with Crippen LogP contribution in [0, 0.1) is 6.92 Å². The highest BCUT2D eigenvalue weighted by Crippen LogP contribution is 2.10. The first-order chi connectivity index (χ1) is 10.2. The van der Waals surface area contributed by atoms with E-state index in [9.17, 15) is 4.79 Å². The number of hydrogen-bond acceptors (Lipinski definition) is 6. The third-order valence-corrected chi connectivity index (χ3v) is 2.72. The molecule has 0 atom stereocenters. The van der Waals surface area contributed by atoms with Gasteiger partial charge in [-0.2, -0.15) is 0 Å². The van der Waals surface area contributed by atoms with Crippen molar-refractivity contribution in [2.75, 3.05) is 30.9 Å². The second-order valence-electron chi connectivity index (χ2n) is 4.48. The van der Waals surface area contributed by atoms with Gasteiger partial charge in [-0.25, -0.2) is 4.98 Å². The minimum Gasteiger partial charge on any atom is -0.385 e. The van der Waals surface area contributed by atoms with Gasteiger partial charge in [0.15, 0.2) is 5.82 Å². The topological polar surface area (TPSA) is 89.3 Å². The summed E-state index contributed by atoms with van der Waals surface area (Å²) in [4.78, 5) is 16.1. The Balaban J connectivity index is 1.87. The minimum atomic E-state index is -0.325. The molecule has 21 heavy (non-hydrogen) atoms. The van der Waals surface area contributed by atoms with Crippen molar-refractivity contribution < 1.29 is 14.1 Å². The summed E-state index contributed by atoms with van der Waals surface area (Å²) in [6.45, 7) is 3.25. The number of pyridine rings is 1. The van der Waals surface area contributed by atoms with Crippen molar-refractivity contribution in [3.63, 3.8) is 0 Å². The number of amides is 1. The summed E-state index contributed by atoms with van der Waals surface area (Å²) < 4.78 is 9.85. The normalized spacial score (nSPS) is 10.4. The predicted molar refractivity (Wildman–Crippen MR) is 78.4 cm³/mol. The van der Waals surface area contributed by atoms with Crippen LogP contribution in [0.25, 0.3) is 0 Å². The number of aryl methyl sites for hydroxylation is 1. The van der Waals surface area contributed by atoms with Crippen LogP contribution in [0.15, 0.2) is 28.9 Å². The van der Waals surface area contributed by atoms with Gasteiger partial charge in [-0.3, -0.25) is 4.79 Å². The average Bonchev–Trinajstić information content (AvgIpc) is 2.89. The maximum Gasteiger partial charge on any atom is 0.275 e. The zero-order valence-electron chi connectivity index (χ0n) is 12.0. The predicted octanol–water partition coefficient (Wildman–Crippen LogP) is 2.08. The van der Waals surface area contributed by atoms with E-state index in [4.69, 9.17) is 9.26 Å². The maximum absolute atomic E-state index is 11.9. The quantitative estimate of drug-likeness (QED) is 0.759. The van der Waals surface area contributed by atoms with E-state index in [2.05, 4.69) is 20.8 Å². The van der Waals surface area contributed by atoms with Gasteiger partial charge in [0, 0.05) is 26.3 Å². The molecule has 0 unspecified atom stereocenters. The Morgan fingerprint density at radius 1 is 1.43 bits per heavy atom. The fourth-order valence-electron chi connectivity index (χ4n) is 1.69. The minimum absolute atomic E-state index is 0.318. The Morgan fingerprint density at radius 2 is 2.29 bits per heavy atom. The van der Waals surface area contributed by atoms with E-state index in [1.807, 2.05) is 6.07 Å². The number of carbonyl (C=O) groups excluding carboxylic acids is 1. The van der Waals surface area contributed by atoms with Gasteiger partial charge in [-0.05, 0) is 25.5 Å². The fourth-order valence-corrected chi connectivity index (χ4v) is 1.69. The lowest BCUT2D eigenvalue weighted by Gasteiger charge is -2.06. The molecule has 2 N–H and O–H groups in total. The van der Waals surface area contributed by atoms with Crippen molar-refractivity contribution in [3.05, 3.63) is 35.9 Å². The van der Waals surface area contributed by atoms with Crippen LogP contribution in [0.1, 0.15) is 22.7 Å². The molecule has 2 aromatic rings. The van der Waals surface area contributed by atoms with Gasteiger partial charge < -0.3 is 19.9 Å². The van der Waals surface area contributed by atoms with Crippen LogP contribution < -0.4 is 10.6 Å². The summed E-state index contributed by atoms with van der Waals surface area (Å²) in [5, 5.41) is 9.51. The number of ether oxygens (including phenoxy) is 1. The van der Waals surface area contributed by atoms with Gasteiger partial charge in [0.1, 0.15) is 11.5 Å². The molecule has 0 spiro atoms. The second kappa shape index (κ2) is 7.39. The monoisotopic (exact) mass is 290 g/mol. The summed E-state index contributed by atoms with van der Waals surface area (Å²) in [7, 11) is 1.67. The molecule has 0 aliphatic rings. The summed E-state index contributed by atoms with van der Waals surface area (Å²) in [6.07, 6.45) is 2.53. The van der Waals surface area contributed by atoms with Crippen LogP contribution in [-0.2, 0) is 4.74 Å². The molecule has 0 aromatic carbocycles. The lowest BCUT2D eigenvalue weighted by molar-refractivity contribution is 0.102. The molecule has 0 aliphatic heterocycles. The molecule has 0 saturated carbocycles. The largest absolute Gasteiger partial charge is 0.385 e. The molecule has 7 heteroatoms. The van der Waals surface area contributed by atoms with Crippen molar-refractivity contribution in [1.82, 2.24) is 10.1 Å². The van der Waals surface area contributed by atoms with Gasteiger partial charge in [0.2, 0.25) is 0 Å². The highest BCUT2D eigenvalue weighted by Gasteiger charge is 2.10. The van der Waals surface area contributed by atoms with Crippen molar-refractivity contribution >= 4 is 17.4 Å². The molecule has 0 aliphatic carbocycles.